The molecule has 2 rings (SSSR count). The summed E-state index contributed by atoms with van der Waals surface area (Å²) in [7, 11) is -3.29. The number of nitrogens with two attached hydrogens (primary N) is 1. The van der Waals surface area contributed by atoms with Crippen LogP contribution in [0.15, 0.2) is 18.2 Å². The van der Waals surface area contributed by atoms with E-state index in [1.54, 1.807) is 12.1 Å². The summed E-state index contributed by atoms with van der Waals surface area (Å²) in [6.07, 6.45) is 3.43. The molecule has 3 N–H and O–H groups in total. The van der Waals surface area contributed by atoms with Crippen LogP contribution in [0, 0.1) is 0 Å². The number of anilines is 2. The van der Waals surface area contributed by atoms with Gasteiger partial charge in [-0.1, -0.05) is 24.4 Å². The highest BCUT2D eigenvalue weighted by atomic mass is 35.5. The predicted octanol–water partition coefficient (Wildman–Crippen LogP) is 2.61. The summed E-state index contributed by atoms with van der Waals surface area (Å²) in [6, 6.07) is 4.74. The van der Waals surface area contributed by atoms with Crippen molar-refractivity contribution in [2.24, 2.45) is 0 Å². The van der Waals surface area contributed by atoms with Crippen LogP contribution in [0.25, 0.3) is 0 Å². The molecule has 0 aromatic heterocycles. The van der Waals surface area contributed by atoms with Crippen LogP contribution in [-0.2, 0) is 10.0 Å². The first-order valence-electron chi connectivity index (χ1n) is 5.56. The Balaban J connectivity index is 2.17. The van der Waals surface area contributed by atoms with Gasteiger partial charge in [0.15, 0.2) is 0 Å². The van der Waals surface area contributed by atoms with Gasteiger partial charge < -0.3 is 5.73 Å². The van der Waals surface area contributed by atoms with Gasteiger partial charge >= 0.3 is 0 Å². The summed E-state index contributed by atoms with van der Waals surface area (Å²) in [4.78, 5) is 0. The van der Waals surface area contributed by atoms with Crippen LogP contribution in [-0.4, -0.2) is 13.7 Å². The number of rotatable bonds is 3. The van der Waals surface area contributed by atoms with Gasteiger partial charge in [0.2, 0.25) is 10.0 Å². The van der Waals surface area contributed by atoms with E-state index < -0.39 is 10.0 Å². The highest BCUT2D eigenvalue weighted by molar-refractivity contribution is 7.93. The van der Waals surface area contributed by atoms with E-state index in [4.69, 9.17) is 17.3 Å². The number of hydrogen-bond acceptors (Lipinski definition) is 3. The van der Waals surface area contributed by atoms with Gasteiger partial charge in [0.1, 0.15) is 0 Å². The van der Waals surface area contributed by atoms with Crippen LogP contribution in [0.4, 0.5) is 11.4 Å². The third-order valence-electron chi connectivity index (χ3n) is 3.00. The van der Waals surface area contributed by atoms with Crippen molar-refractivity contribution in [3.63, 3.8) is 0 Å². The van der Waals surface area contributed by atoms with Gasteiger partial charge in [-0.2, -0.15) is 0 Å². The minimum Gasteiger partial charge on any atom is -0.398 e. The van der Waals surface area contributed by atoms with Gasteiger partial charge in [-0.3, -0.25) is 4.72 Å². The number of sulfonamides is 1. The zero-order valence-electron chi connectivity index (χ0n) is 9.32. The lowest BCUT2D eigenvalue weighted by Crippen LogP contribution is -2.25. The predicted molar refractivity (Wildman–Crippen MR) is 70.7 cm³/mol. The van der Waals surface area contributed by atoms with Crippen molar-refractivity contribution >= 4 is 33.0 Å². The van der Waals surface area contributed by atoms with Crippen LogP contribution in [0.1, 0.15) is 25.7 Å². The lowest BCUT2D eigenvalue weighted by atomic mass is 10.3. The van der Waals surface area contributed by atoms with Gasteiger partial charge in [-0.15, -0.1) is 0 Å². The fourth-order valence-corrected chi connectivity index (χ4v) is 3.79. The second kappa shape index (κ2) is 4.74. The van der Waals surface area contributed by atoms with Crippen LogP contribution in [0.5, 0.6) is 0 Å². The molecule has 0 heterocycles. The zero-order valence-corrected chi connectivity index (χ0v) is 10.9. The fraction of sp³-hybridized carbons (Fsp3) is 0.455. The van der Waals surface area contributed by atoms with Crippen LogP contribution < -0.4 is 10.5 Å². The van der Waals surface area contributed by atoms with E-state index in [0.29, 0.717) is 16.4 Å². The van der Waals surface area contributed by atoms with Crippen molar-refractivity contribution in [2.75, 3.05) is 10.5 Å². The Kier molecular flexibility index (Phi) is 3.49. The van der Waals surface area contributed by atoms with Gasteiger partial charge in [0.25, 0.3) is 0 Å². The molecule has 0 amide bonds. The fourth-order valence-electron chi connectivity index (χ4n) is 2.04. The molecule has 0 spiro atoms. The van der Waals surface area contributed by atoms with Crippen molar-refractivity contribution in [3.8, 4) is 0 Å². The summed E-state index contributed by atoms with van der Waals surface area (Å²) in [5, 5.41) is 0.0791. The molecule has 1 aliphatic carbocycles. The molecule has 1 aromatic carbocycles. The maximum atomic E-state index is 12.0. The average Bonchev–Trinajstić information content (AvgIpc) is 2.77. The van der Waals surface area contributed by atoms with Gasteiger partial charge in [0.05, 0.1) is 21.6 Å². The summed E-state index contributed by atoms with van der Waals surface area (Å²) >= 11 is 5.84. The van der Waals surface area contributed by atoms with Crippen molar-refractivity contribution in [1.82, 2.24) is 0 Å². The molecule has 1 aromatic rings. The van der Waals surface area contributed by atoms with Crippen molar-refractivity contribution in [2.45, 2.75) is 30.9 Å². The average molecular weight is 275 g/mol. The lowest BCUT2D eigenvalue weighted by molar-refractivity contribution is 0.585. The lowest BCUT2D eigenvalue weighted by Gasteiger charge is -2.13. The molecule has 4 nitrogen and oxygen atoms in total. The normalized spacial score (nSPS) is 17.2. The van der Waals surface area contributed by atoms with E-state index in [9.17, 15) is 8.42 Å². The van der Waals surface area contributed by atoms with E-state index in [-0.39, 0.29) is 5.25 Å². The first-order chi connectivity index (χ1) is 7.99. The Hall–Kier alpha value is -0.940. The van der Waals surface area contributed by atoms with Gasteiger partial charge in [0, 0.05) is 0 Å². The molecule has 0 atom stereocenters. The van der Waals surface area contributed by atoms with E-state index in [1.807, 2.05) is 0 Å². The van der Waals surface area contributed by atoms with E-state index >= 15 is 0 Å². The molecule has 17 heavy (non-hydrogen) atoms. The summed E-state index contributed by atoms with van der Waals surface area (Å²) in [5.74, 6) is 0. The number of halogens is 1. The van der Waals surface area contributed by atoms with Crippen LogP contribution >= 0.6 is 11.6 Å². The van der Waals surface area contributed by atoms with Crippen molar-refractivity contribution in [3.05, 3.63) is 23.2 Å². The topological polar surface area (TPSA) is 72.2 Å². The summed E-state index contributed by atoms with van der Waals surface area (Å²) < 4.78 is 26.6. The molecular formula is C11H15ClN2O2S. The maximum Gasteiger partial charge on any atom is 0.235 e. The van der Waals surface area contributed by atoms with E-state index in [0.717, 1.165) is 25.7 Å². The molecule has 0 radical (unpaired) electrons. The Labute approximate surface area is 106 Å². The molecule has 0 saturated heterocycles. The second-order valence-electron chi connectivity index (χ2n) is 4.29. The standard InChI is InChI=1S/C11H15ClN2O2S/c12-10-7-8(5-6-11(10)13)14-17(15,16)9-3-1-2-4-9/h5-7,9,14H,1-4,13H2. The van der Waals surface area contributed by atoms with Crippen LogP contribution in [0.2, 0.25) is 5.02 Å². The highest BCUT2D eigenvalue weighted by Crippen LogP contribution is 2.28. The minimum atomic E-state index is -3.29. The third kappa shape index (κ3) is 2.84. The first-order valence-corrected chi connectivity index (χ1v) is 7.48. The Morgan fingerprint density at radius 3 is 2.53 bits per heavy atom. The molecule has 94 valence electrons. The summed E-state index contributed by atoms with van der Waals surface area (Å²) in [6.45, 7) is 0. The SMILES string of the molecule is Nc1ccc(NS(=O)(=O)C2CCCC2)cc1Cl. The Morgan fingerprint density at radius 2 is 1.94 bits per heavy atom. The molecule has 1 aliphatic rings. The molecule has 6 heteroatoms. The van der Waals surface area contributed by atoms with E-state index in [1.165, 1.54) is 6.07 Å². The number of benzene rings is 1. The molecule has 1 fully saturated rings. The molecule has 1 saturated carbocycles. The third-order valence-corrected chi connectivity index (χ3v) is 5.20. The largest absolute Gasteiger partial charge is 0.398 e. The highest BCUT2D eigenvalue weighted by Gasteiger charge is 2.28. The summed E-state index contributed by atoms with van der Waals surface area (Å²) in [5.41, 5.74) is 6.47. The minimum absolute atomic E-state index is 0.279. The van der Waals surface area contributed by atoms with Crippen molar-refractivity contribution in [1.29, 1.82) is 0 Å². The Morgan fingerprint density at radius 1 is 1.29 bits per heavy atom. The monoisotopic (exact) mass is 274 g/mol. The smallest absolute Gasteiger partial charge is 0.235 e. The molecular weight excluding hydrogens is 260 g/mol. The molecule has 0 unspecified atom stereocenters. The molecule has 0 bridgehead atoms. The quantitative estimate of drug-likeness (QED) is 0.832. The zero-order chi connectivity index (χ0) is 12.5. The van der Waals surface area contributed by atoms with Crippen LogP contribution in [0.3, 0.4) is 0 Å². The molecule has 0 aliphatic heterocycles. The van der Waals surface area contributed by atoms with E-state index in [2.05, 4.69) is 4.72 Å². The number of hydrogen-bond donors (Lipinski definition) is 2. The van der Waals surface area contributed by atoms with Gasteiger partial charge in [-0.05, 0) is 31.0 Å². The Bertz CT molecular complexity index is 510. The van der Waals surface area contributed by atoms with Crippen molar-refractivity contribution < 1.29 is 8.42 Å². The first kappa shape index (κ1) is 12.5. The number of nitrogens with one attached hydrogen (secondary N) is 1. The number of nitrogen functional groups attached to an aromatic ring is 1. The second-order valence-corrected chi connectivity index (χ2v) is 6.66. The maximum absolute atomic E-state index is 12.0. The van der Waals surface area contributed by atoms with Gasteiger partial charge in [-0.25, -0.2) is 8.42 Å².